The molecule has 1 heterocycles. The summed E-state index contributed by atoms with van der Waals surface area (Å²) in [5, 5.41) is 9.90. The van der Waals surface area contributed by atoms with Crippen LogP contribution in [0, 0.1) is 17.7 Å². The largest absolute Gasteiger partial charge is 0.486 e. The van der Waals surface area contributed by atoms with Gasteiger partial charge in [-0.15, -0.1) is 0 Å². The molecule has 1 saturated carbocycles. The standard InChI is InChI=1S/C29H40FN3O5S/c1-20-16-33(21(2)19-34)29(35)25-10-7-11-26(31-39(36,37)24-14-12-23(30)13-15-24)28(25)38-27(20)18-32(3)17-22-8-5-4-6-9-22/h7,10-15,20-22,27,31,34H,4-6,8-9,16-19H2,1-3H3/t20-,21-,27-/m0/s1. The van der Waals surface area contributed by atoms with Crippen molar-refractivity contribution in [1.29, 1.82) is 0 Å². The van der Waals surface area contributed by atoms with Crippen LogP contribution in [0.4, 0.5) is 10.1 Å². The number of hydrogen-bond acceptors (Lipinski definition) is 6. The van der Waals surface area contributed by atoms with E-state index in [2.05, 4.69) is 16.7 Å². The SMILES string of the molecule is C[C@H]1CN([C@@H](C)CO)C(=O)c2cccc(NS(=O)(=O)c3ccc(F)cc3)c2O[C@H]1CN(C)CC1CCCCC1. The van der Waals surface area contributed by atoms with E-state index in [1.165, 1.54) is 44.2 Å². The van der Waals surface area contributed by atoms with Gasteiger partial charge in [0, 0.05) is 25.6 Å². The number of halogens is 1. The molecule has 2 aromatic carbocycles. The summed E-state index contributed by atoms with van der Waals surface area (Å²) in [7, 11) is -2.01. The van der Waals surface area contributed by atoms with Crippen molar-refractivity contribution in [2.75, 3.05) is 38.0 Å². The lowest BCUT2D eigenvalue weighted by molar-refractivity contribution is 0.0333. The molecule has 0 saturated heterocycles. The van der Waals surface area contributed by atoms with E-state index in [0.29, 0.717) is 19.0 Å². The molecule has 1 fully saturated rings. The number of para-hydroxylation sites is 1. The summed E-state index contributed by atoms with van der Waals surface area (Å²) in [6, 6.07) is 8.88. The van der Waals surface area contributed by atoms with Gasteiger partial charge in [0.05, 0.1) is 28.8 Å². The first-order chi connectivity index (χ1) is 18.6. The van der Waals surface area contributed by atoms with Crippen LogP contribution in [-0.2, 0) is 10.0 Å². The van der Waals surface area contributed by atoms with Crippen molar-refractivity contribution in [1.82, 2.24) is 9.80 Å². The number of fused-ring (bicyclic) bond motifs is 1. The number of nitrogens with one attached hydrogen (secondary N) is 1. The van der Waals surface area contributed by atoms with Crippen LogP contribution in [0.1, 0.15) is 56.3 Å². The Balaban J connectivity index is 1.68. The molecule has 1 aliphatic heterocycles. The van der Waals surface area contributed by atoms with Gasteiger partial charge in [-0.3, -0.25) is 9.52 Å². The van der Waals surface area contributed by atoms with Gasteiger partial charge in [-0.2, -0.15) is 0 Å². The summed E-state index contributed by atoms with van der Waals surface area (Å²) >= 11 is 0. The number of likely N-dealkylation sites (N-methyl/N-ethyl adjacent to an activating group) is 1. The zero-order valence-electron chi connectivity index (χ0n) is 23.0. The molecule has 2 N–H and O–H groups in total. The van der Waals surface area contributed by atoms with Crippen LogP contribution in [0.3, 0.4) is 0 Å². The summed E-state index contributed by atoms with van der Waals surface area (Å²) in [6.07, 6.45) is 5.92. The summed E-state index contributed by atoms with van der Waals surface area (Å²) in [4.78, 5) is 17.5. The first-order valence-corrected chi connectivity index (χ1v) is 15.3. The number of nitrogens with zero attached hydrogens (tertiary/aromatic N) is 2. The molecular formula is C29H40FN3O5S. The Labute approximate surface area is 231 Å². The number of rotatable bonds is 9. The molecular weight excluding hydrogens is 521 g/mol. The first kappa shape index (κ1) is 29.3. The van der Waals surface area contributed by atoms with Crippen LogP contribution in [0.5, 0.6) is 5.75 Å². The van der Waals surface area contributed by atoms with E-state index in [4.69, 9.17) is 4.74 Å². The lowest BCUT2D eigenvalue weighted by atomic mass is 9.89. The average molecular weight is 562 g/mol. The quantitative estimate of drug-likeness (QED) is 0.472. The molecule has 10 heteroatoms. The number of amides is 1. The topological polar surface area (TPSA) is 99.2 Å². The van der Waals surface area contributed by atoms with E-state index in [9.17, 15) is 22.7 Å². The second-order valence-electron chi connectivity index (χ2n) is 11.1. The Morgan fingerprint density at radius 2 is 1.82 bits per heavy atom. The van der Waals surface area contributed by atoms with Crippen molar-refractivity contribution < 1.29 is 27.4 Å². The third kappa shape index (κ3) is 7.10. The van der Waals surface area contributed by atoms with Gasteiger partial charge in [-0.25, -0.2) is 12.8 Å². The van der Waals surface area contributed by atoms with Gasteiger partial charge in [-0.05, 0) is 69.1 Å². The maximum Gasteiger partial charge on any atom is 0.262 e. The molecule has 1 aliphatic carbocycles. The molecule has 2 aliphatic rings. The van der Waals surface area contributed by atoms with Crippen molar-refractivity contribution in [3.63, 3.8) is 0 Å². The van der Waals surface area contributed by atoms with E-state index in [-0.39, 0.29) is 46.4 Å². The van der Waals surface area contributed by atoms with Gasteiger partial charge in [0.25, 0.3) is 15.9 Å². The van der Waals surface area contributed by atoms with Crippen LogP contribution in [0.2, 0.25) is 0 Å². The molecule has 0 bridgehead atoms. The van der Waals surface area contributed by atoms with Gasteiger partial charge >= 0.3 is 0 Å². The second-order valence-corrected chi connectivity index (χ2v) is 12.8. The number of ether oxygens (including phenoxy) is 1. The van der Waals surface area contributed by atoms with Gasteiger partial charge in [0.1, 0.15) is 11.9 Å². The Bertz CT molecular complexity index is 1230. The van der Waals surface area contributed by atoms with E-state index in [0.717, 1.165) is 18.7 Å². The predicted molar refractivity (Wildman–Crippen MR) is 149 cm³/mol. The lowest BCUT2D eigenvalue weighted by Crippen LogP contribution is -2.50. The molecule has 214 valence electrons. The number of benzene rings is 2. The number of sulfonamides is 1. The Morgan fingerprint density at radius 1 is 1.13 bits per heavy atom. The fourth-order valence-electron chi connectivity index (χ4n) is 5.55. The molecule has 2 aromatic rings. The Morgan fingerprint density at radius 3 is 2.49 bits per heavy atom. The van der Waals surface area contributed by atoms with Crippen molar-refractivity contribution >= 4 is 21.6 Å². The van der Waals surface area contributed by atoms with E-state index in [1.54, 1.807) is 30.0 Å². The highest BCUT2D eigenvalue weighted by atomic mass is 32.2. The highest BCUT2D eigenvalue weighted by molar-refractivity contribution is 7.92. The molecule has 3 atom stereocenters. The van der Waals surface area contributed by atoms with Crippen LogP contribution < -0.4 is 9.46 Å². The van der Waals surface area contributed by atoms with E-state index < -0.39 is 21.9 Å². The van der Waals surface area contributed by atoms with Crippen molar-refractivity contribution in [3.05, 3.63) is 53.8 Å². The van der Waals surface area contributed by atoms with Gasteiger partial charge in [0.2, 0.25) is 0 Å². The number of carbonyl (C=O) groups excluding carboxylic acids is 1. The summed E-state index contributed by atoms with van der Waals surface area (Å²) in [5.41, 5.74) is 0.359. The maximum absolute atomic E-state index is 13.7. The molecule has 4 rings (SSSR count). The van der Waals surface area contributed by atoms with Crippen LogP contribution in [0.25, 0.3) is 0 Å². The maximum atomic E-state index is 13.7. The third-order valence-electron chi connectivity index (χ3n) is 7.85. The minimum atomic E-state index is -4.08. The van der Waals surface area contributed by atoms with E-state index >= 15 is 0 Å². The normalized spacial score (nSPS) is 21.6. The fraction of sp³-hybridized carbons (Fsp3) is 0.552. The van der Waals surface area contributed by atoms with Gasteiger partial charge in [0.15, 0.2) is 5.75 Å². The Kier molecular flexibility index (Phi) is 9.51. The smallest absolute Gasteiger partial charge is 0.262 e. The van der Waals surface area contributed by atoms with Crippen molar-refractivity contribution in [2.45, 2.75) is 63.0 Å². The third-order valence-corrected chi connectivity index (χ3v) is 9.23. The monoisotopic (exact) mass is 561 g/mol. The van der Waals surface area contributed by atoms with E-state index in [1.807, 2.05) is 6.92 Å². The number of carbonyl (C=O) groups is 1. The molecule has 0 radical (unpaired) electrons. The first-order valence-electron chi connectivity index (χ1n) is 13.8. The van der Waals surface area contributed by atoms with Crippen LogP contribution in [0.15, 0.2) is 47.4 Å². The molecule has 0 aromatic heterocycles. The lowest BCUT2D eigenvalue weighted by Gasteiger charge is -2.39. The number of anilines is 1. The highest BCUT2D eigenvalue weighted by Gasteiger charge is 2.35. The zero-order chi connectivity index (χ0) is 28.2. The number of aliphatic hydroxyl groups is 1. The minimum Gasteiger partial charge on any atom is -0.486 e. The molecule has 0 unspecified atom stereocenters. The summed E-state index contributed by atoms with van der Waals surface area (Å²) in [5.74, 6) is -0.168. The number of aliphatic hydroxyl groups excluding tert-OH is 1. The molecule has 8 nitrogen and oxygen atoms in total. The summed E-state index contributed by atoms with van der Waals surface area (Å²) in [6.45, 7) is 5.56. The number of hydrogen-bond donors (Lipinski definition) is 2. The van der Waals surface area contributed by atoms with Crippen LogP contribution in [-0.4, -0.2) is 74.7 Å². The average Bonchev–Trinajstić information content (AvgIpc) is 2.91. The van der Waals surface area contributed by atoms with Crippen molar-refractivity contribution in [3.8, 4) is 5.75 Å². The minimum absolute atomic E-state index is 0.0910. The van der Waals surface area contributed by atoms with Crippen LogP contribution >= 0.6 is 0 Å². The molecule has 39 heavy (non-hydrogen) atoms. The van der Waals surface area contributed by atoms with Crippen molar-refractivity contribution in [2.24, 2.45) is 11.8 Å². The predicted octanol–water partition coefficient (Wildman–Crippen LogP) is 4.36. The second kappa shape index (κ2) is 12.7. The Hall–Kier alpha value is -2.69. The zero-order valence-corrected chi connectivity index (χ0v) is 23.8. The van der Waals surface area contributed by atoms with Gasteiger partial charge < -0.3 is 19.6 Å². The summed E-state index contributed by atoms with van der Waals surface area (Å²) < 4.78 is 48.9. The molecule has 0 spiro atoms. The molecule has 1 amide bonds. The van der Waals surface area contributed by atoms with Gasteiger partial charge in [-0.1, -0.05) is 32.3 Å². The fourth-order valence-corrected chi connectivity index (χ4v) is 6.61. The highest BCUT2D eigenvalue weighted by Crippen LogP contribution is 2.36.